The molecule has 3 rings (SSSR count). The van der Waals surface area contributed by atoms with E-state index in [4.69, 9.17) is 9.47 Å². The molecule has 3 aromatic rings. The molecule has 8 nitrogen and oxygen atoms in total. The number of nitrogens with one attached hydrogen (secondary N) is 1. The van der Waals surface area contributed by atoms with E-state index < -0.39 is 0 Å². The van der Waals surface area contributed by atoms with Crippen LogP contribution in [0.1, 0.15) is 27.7 Å². The standard InChI is InChI=1S/C22H26N4O4S2/c1-5-30-21(28)19-15(3)12-18(32-19)23-17(27)13-31-22-25-24-20(26(22)9-10-29-4)16-8-6-7-14(2)11-16/h6-8,11-12H,5,9-10,13H2,1-4H3,(H,23,27). The van der Waals surface area contributed by atoms with Gasteiger partial charge in [-0.05, 0) is 38.5 Å². The Labute approximate surface area is 195 Å². The second-order valence-electron chi connectivity index (χ2n) is 7.00. The van der Waals surface area contributed by atoms with Gasteiger partial charge in [0.25, 0.3) is 0 Å². The summed E-state index contributed by atoms with van der Waals surface area (Å²) < 4.78 is 12.3. The number of amides is 1. The number of anilines is 1. The summed E-state index contributed by atoms with van der Waals surface area (Å²) in [5.74, 6) is 0.330. The first kappa shape index (κ1) is 24.0. The molecule has 0 aliphatic rings. The number of carbonyl (C=O) groups excluding carboxylic acids is 2. The van der Waals surface area contributed by atoms with Gasteiger partial charge in [-0.1, -0.05) is 35.5 Å². The predicted octanol–water partition coefficient (Wildman–Crippen LogP) is 4.18. The third-order valence-corrected chi connectivity index (χ3v) is 6.59. The summed E-state index contributed by atoms with van der Waals surface area (Å²) in [6.07, 6.45) is 0. The molecule has 0 spiro atoms. The average molecular weight is 475 g/mol. The minimum atomic E-state index is -0.375. The summed E-state index contributed by atoms with van der Waals surface area (Å²) in [5.41, 5.74) is 2.87. The Morgan fingerprint density at radius 1 is 1.22 bits per heavy atom. The molecule has 1 N–H and O–H groups in total. The van der Waals surface area contributed by atoms with E-state index in [1.54, 1.807) is 20.1 Å². The van der Waals surface area contributed by atoms with E-state index in [0.717, 1.165) is 22.5 Å². The lowest BCUT2D eigenvalue weighted by Gasteiger charge is -2.10. The lowest BCUT2D eigenvalue weighted by molar-refractivity contribution is -0.113. The fraction of sp³-hybridized carbons (Fsp3) is 0.364. The highest BCUT2D eigenvalue weighted by molar-refractivity contribution is 7.99. The largest absolute Gasteiger partial charge is 0.462 e. The van der Waals surface area contributed by atoms with Gasteiger partial charge in [-0.2, -0.15) is 0 Å². The van der Waals surface area contributed by atoms with Crippen LogP contribution < -0.4 is 5.32 Å². The molecule has 0 aliphatic heterocycles. The molecule has 1 amide bonds. The highest BCUT2D eigenvalue weighted by Crippen LogP contribution is 2.28. The fourth-order valence-electron chi connectivity index (χ4n) is 3.02. The first-order chi connectivity index (χ1) is 15.4. The first-order valence-corrected chi connectivity index (χ1v) is 11.9. The van der Waals surface area contributed by atoms with Crippen molar-refractivity contribution in [1.29, 1.82) is 0 Å². The Bertz CT molecular complexity index is 1090. The van der Waals surface area contributed by atoms with Crippen molar-refractivity contribution in [3.63, 3.8) is 0 Å². The number of hydrogen-bond acceptors (Lipinski definition) is 8. The molecule has 2 heterocycles. The van der Waals surface area contributed by atoms with Crippen LogP contribution in [0.25, 0.3) is 11.4 Å². The maximum Gasteiger partial charge on any atom is 0.348 e. The molecule has 10 heteroatoms. The molecule has 170 valence electrons. The van der Waals surface area contributed by atoms with Gasteiger partial charge in [0, 0.05) is 12.7 Å². The SMILES string of the molecule is CCOC(=O)c1sc(NC(=O)CSc2nnc(-c3cccc(C)c3)n2CCOC)cc1C. The molecule has 0 bridgehead atoms. The van der Waals surface area contributed by atoms with Crippen molar-refractivity contribution in [2.75, 3.05) is 31.4 Å². The number of thioether (sulfide) groups is 1. The van der Waals surface area contributed by atoms with Crippen molar-refractivity contribution < 1.29 is 19.1 Å². The molecule has 0 atom stereocenters. The summed E-state index contributed by atoms with van der Waals surface area (Å²) in [7, 11) is 1.64. The van der Waals surface area contributed by atoms with Gasteiger partial charge >= 0.3 is 5.97 Å². The van der Waals surface area contributed by atoms with E-state index in [9.17, 15) is 9.59 Å². The number of methoxy groups -OCH3 is 1. The highest BCUT2D eigenvalue weighted by atomic mass is 32.2. The maximum atomic E-state index is 12.5. The zero-order chi connectivity index (χ0) is 23.1. The number of aryl methyl sites for hydroxylation is 2. The molecule has 0 radical (unpaired) electrons. The zero-order valence-electron chi connectivity index (χ0n) is 18.5. The average Bonchev–Trinajstić information content (AvgIpc) is 3.33. The summed E-state index contributed by atoms with van der Waals surface area (Å²) in [5, 5.41) is 12.7. The van der Waals surface area contributed by atoms with Gasteiger partial charge in [-0.15, -0.1) is 21.5 Å². The number of rotatable bonds is 10. The number of ether oxygens (including phenoxy) is 2. The summed E-state index contributed by atoms with van der Waals surface area (Å²) in [6.45, 7) is 6.99. The molecule has 0 unspecified atom stereocenters. The number of thiophene rings is 1. The summed E-state index contributed by atoms with van der Waals surface area (Å²) >= 11 is 2.51. The second-order valence-corrected chi connectivity index (χ2v) is 8.99. The molecule has 1 aromatic carbocycles. The van der Waals surface area contributed by atoms with Crippen molar-refractivity contribution in [3.05, 3.63) is 46.3 Å². The van der Waals surface area contributed by atoms with Crippen molar-refractivity contribution >= 4 is 40.0 Å². The number of aromatic nitrogens is 3. The molecular weight excluding hydrogens is 448 g/mol. The number of esters is 1. The Hall–Kier alpha value is -2.69. The van der Waals surface area contributed by atoms with Crippen LogP contribution >= 0.6 is 23.1 Å². The Balaban J connectivity index is 1.69. The minimum Gasteiger partial charge on any atom is -0.462 e. The molecule has 32 heavy (non-hydrogen) atoms. The molecule has 0 fully saturated rings. The lowest BCUT2D eigenvalue weighted by atomic mass is 10.1. The van der Waals surface area contributed by atoms with Gasteiger partial charge < -0.3 is 14.8 Å². The van der Waals surface area contributed by atoms with Crippen LogP contribution in [0, 0.1) is 13.8 Å². The third-order valence-electron chi connectivity index (χ3n) is 4.49. The topological polar surface area (TPSA) is 95.3 Å². The Morgan fingerprint density at radius 3 is 2.75 bits per heavy atom. The number of hydrogen-bond donors (Lipinski definition) is 1. The maximum absolute atomic E-state index is 12.5. The normalized spacial score (nSPS) is 10.9. The van der Waals surface area contributed by atoms with Gasteiger partial charge in [0.15, 0.2) is 11.0 Å². The number of carbonyl (C=O) groups is 2. The molecular formula is C22H26N4O4S2. The van der Waals surface area contributed by atoms with Crippen LogP contribution in [0.15, 0.2) is 35.5 Å². The molecule has 0 saturated carbocycles. The van der Waals surface area contributed by atoms with E-state index in [0.29, 0.717) is 34.8 Å². The third kappa shape index (κ3) is 5.96. The van der Waals surface area contributed by atoms with Crippen LogP contribution in [0.4, 0.5) is 5.00 Å². The summed E-state index contributed by atoms with van der Waals surface area (Å²) in [6, 6.07) is 9.82. The van der Waals surface area contributed by atoms with Crippen LogP contribution in [-0.2, 0) is 20.8 Å². The summed E-state index contributed by atoms with van der Waals surface area (Å²) in [4.78, 5) is 25.0. The van der Waals surface area contributed by atoms with E-state index in [1.165, 1.54) is 23.1 Å². The monoisotopic (exact) mass is 474 g/mol. The van der Waals surface area contributed by atoms with Crippen LogP contribution in [0.3, 0.4) is 0 Å². The van der Waals surface area contributed by atoms with Crippen molar-refractivity contribution in [2.24, 2.45) is 0 Å². The van der Waals surface area contributed by atoms with E-state index >= 15 is 0 Å². The van der Waals surface area contributed by atoms with Crippen molar-refractivity contribution in [3.8, 4) is 11.4 Å². The first-order valence-electron chi connectivity index (χ1n) is 10.1. The molecule has 2 aromatic heterocycles. The minimum absolute atomic E-state index is 0.157. The van der Waals surface area contributed by atoms with E-state index in [1.807, 2.05) is 36.6 Å². The Morgan fingerprint density at radius 2 is 2.03 bits per heavy atom. The molecule has 0 saturated heterocycles. The predicted molar refractivity (Wildman–Crippen MR) is 126 cm³/mol. The van der Waals surface area contributed by atoms with Gasteiger partial charge in [0.05, 0.1) is 30.5 Å². The second kappa shape index (κ2) is 11.3. The molecule has 0 aliphatic carbocycles. The fourth-order valence-corrected chi connectivity index (χ4v) is 4.77. The smallest absolute Gasteiger partial charge is 0.348 e. The van der Waals surface area contributed by atoms with E-state index in [-0.39, 0.29) is 17.6 Å². The number of benzene rings is 1. The Kier molecular flexibility index (Phi) is 8.43. The van der Waals surface area contributed by atoms with E-state index in [2.05, 4.69) is 21.6 Å². The van der Waals surface area contributed by atoms with Gasteiger partial charge in [0.2, 0.25) is 5.91 Å². The highest BCUT2D eigenvalue weighted by Gasteiger charge is 2.18. The van der Waals surface area contributed by atoms with Gasteiger partial charge in [-0.25, -0.2) is 4.79 Å². The van der Waals surface area contributed by atoms with Crippen LogP contribution in [0.5, 0.6) is 0 Å². The van der Waals surface area contributed by atoms with Crippen molar-refractivity contribution in [2.45, 2.75) is 32.5 Å². The number of nitrogens with zero attached hydrogens (tertiary/aromatic N) is 3. The van der Waals surface area contributed by atoms with Crippen molar-refractivity contribution in [1.82, 2.24) is 14.8 Å². The lowest BCUT2D eigenvalue weighted by Crippen LogP contribution is -2.14. The van der Waals surface area contributed by atoms with Gasteiger partial charge in [0.1, 0.15) is 4.88 Å². The van der Waals surface area contributed by atoms with Crippen LogP contribution in [-0.4, -0.2) is 52.7 Å². The quantitative estimate of drug-likeness (QED) is 0.348. The van der Waals surface area contributed by atoms with Crippen LogP contribution in [0.2, 0.25) is 0 Å². The zero-order valence-corrected chi connectivity index (χ0v) is 20.1. The van der Waals surface area contributed by atoms with Gasteiger partial charge in [-0.3, -0.25) is 9.36 Å².